The van der Waals surface area contributed by atoms with E-state index in [4.69, 9.17) is 20.8 Å². The number of anilines is 1. The Morgan fingerprint density at radius 3 is 2.53 bits per heavy atom. The summed E-state index contributed by atoms with van der Waals surface area (Å²) in [4.78, 5) is 25.7. The third-order valence-electron chi connectivity index (χ3n) is 4.77. The van der Waals surface area contributed by atoms with Gasteiger partial charge in [0, 0.05) is 16.1 Å². The van der Waals surface area contributed by atoms with E-state index < -0.39 is 5.91 Å². The predicted molar refractivity (Wildman–Crippen MR) is 123 cm³/mol. The first-order valence-corrected chi connectivity index (χ1v) is 10.4. The molecule has 4 rings (SSSR count). The topological polar surface area (TPSA) is 68.5 Å². The van der Waals surface area contributed by atoms with Gasteiger partial charge in [0.05, 0.1) is 5.69 Å². The zero-order valence-electron chi connectivity index (χ0n) is 17.3. The van der Waals surface area contributed by atoms with Crippen molar-refractivity contribution in [2.24, 2.45) is 0 Å². The molecule has 1 aromatic heterocycles. The van der Waals surface area contributed by atoms with Crippen LogP contribution in [-0.4, -0.2) is 11.7 Å². The lowest BCUT2D eigenvalue weighted by Gasteiger charge is -2.10. The largest absolute Gasteiger partial charge is 0.486 e. The van der Waals surface area contributed by atoms with E-state index in [2.05, 4.69) is 5.32 Å². The van der Waals surface area contributed by atoms with E-state index in [0.29, 0.717) is 27.6 Å². The Bertz CT molecular complexity index is 1260. The Labute approximate surface area is 190 Å². The number of furan rings is 1. The van der Waals surface area contributed by atoms with Crippen molar-refractivity contribution in [2.45, 2.75) is 13.5 Å². The van der Waals surface area contributed by atoms with E-state index in [0.717, 1.165) is 11.3 Å². The van der Waals surface area contributed by atoms with Crippen LogP contribution >= 0.6 is 11.6 Å². The molecule has 6 heteroatoms. The normalized spacial score (nSPS) is 10.6. The number of hydrogen-bond acceptors (Lipinski definition) is 4. The number of ether oxygens (including phenoxy) is 1. The molecule has 160 valence electrons. The van der Waals surface area contributed by atoms with Crippen LogP contribution in [0.2, 0.25) is 5.02 Å². The monoisotopic (exact) mass is 445 g/mol. The number of halogens is 1. The van der Waals surface area contributed by atoms with Gasteiger partial charge in [0.25, 0.3) is 5.91 Å². The van der Waals surface area contributed by atoms with Crippen molar-refractivity contribution in [1.82, 2.24) is 0 Å². The third-order valence-corrected chi connectivity index (χ3v) is 5.00. The van der Waals surface area contributed by atoms with E-state index in [1.54, 1.807) is 48.5 Å². The van der Waals surface area contributed by atoms with Crippen molar-refractivity contribution in [1.29, 1.82) is 0 Å². The molecule has 4 aromatic rings. The molecular formula is C26H20ClNO4. The second-order valence-electron chi connectivity index (χ2n) is 7.21. The molecule has 0 aliphatic rings. The van der Waals surface area contributed by atoms with Crippen LogP contribution < -0.4 is 10.1 Å². The standard InChI is InChI=1S/C26H20ClNO4/c1-17-6-5-9-20(14-17)31-16-21-11-13-24(32-21)26(30)28-23-12-10-19(27)15-22(23)25(29)18-7-3-2-4-8-18/h2-15H,16H2,1H3,(H,28,30). The first-order chi connectivity index (χ1) is 15.5. The van der Waals surface area contributed by atoms with Crippen LogP contribution in [0.15, 0.2) is 89.3 Å². The first-order valence-electron chi connectivity index (χ1n) is 9.98. The van der Waals surface area contributed by atoms with E-state index >= 15 is 0 Å². The summed E-state index contributed by atoms with van der Waals surface area (Å²) in [6.45, 7) is 2.17. The Morgan fingerprint density at radius 1 is 0.938 bits per heavy atom. The lowest BCUT2D eigenvalue weighted by molar-refractivity contribution is 0.0992. The number of carbonyl (C=O) groups excluding carboxylic acids is 2. The first kappa shape index (κ1) is 21.4. The molecule has 0 fully saturated rings. The van der Waals surface area contributed by atoms with Gasteiger partial charge in [-0.3, -0.25) is 9.59 Å². The van der Waals surface area contributed by atoms with Gasteiger partial charge < -0.3 is 14.5 Å². The van der Waals surface area contributed by atoms with E-state index in [1.165, 1.54) is 6.07 Å². The molecular weight excluding hydrogens is 426 g/mol. The van der Waals surface area contributed by atoms with Crippen molar-refractivity contribution < 1.29 is 18.7 Å². The summed E-state index contributed by atoms with van der Waals surface area (Å²) < 4.78 is 11.3. The van der Waals surface area contributed by atoms with Crippen molar-refractivity contribution in [3.8, 4) is 5.75 Å². The molecule has 0 atom stereocenters. The minimum absolute atomic E-state index is 0.112. The van der Waals surface area contributed by atoms with Crippen LogP contribution in [0.25, 0.3) is 0 Å². The molecule has 1 N–H and O–H groups in total. The van der Waals surface area contributed by atoms with Crippen LogP contribution in [0, 0.1) is 6.92 Å². The second kappa shape index (κ2) is 9.54. The summed E-state index contributed by atoms with van der Waals surface area (Å²) in [7, 11) is 0. The highest BCUT2D eigenvalue weighted by atomic mass is 35.5. The smallest absolute Gasteiger partial charge is 0.291 e. The number of benzene rings is 3. The molecule has 0 aliphatic heterocycles. The SMILES string of the molecule is Cc1cccc(OCc2ccc(C(=O)Nc3ccc(Cl)cc3C(=O)c3ccccc3)o2)c1. The zero-order valence-corrected chi connectivity index (χ0v) is 18.1. The Hall–Kier alpha value is -3.83. The van der Waals surface area contributed by atoms with Gasteiger partial charge >= 0.3 is 0 Å². The summed E-state index contributed by atoms with van der Waals surface area (Å²) in [6.07, 6.45) is 0. The van der Waals surface area contributed by atoms with E-state index in [9.17, 15) is 9.59 Å². The van der Waals surface area contributed by atoms with Gasteiger partial charge in [0.1, 0.15) is 18.1 Å². The molecule has 0 saturated carbocycles. The predicted octanol–water partition coefficient (Wildman–Crippen LogP) is 6.30. The van der Waals surface area contributed by atoms with Crippen LogP contribution in [-0.2, 0) is 6.61 Å². The molecule has 1 amide bonds. The number of amides is 1. The number of carbonyl (C=O) groups is 2. The number of aryl methyl sites for hydroxylation is 1. The highest BCUT2D eigenvalue weighted by molar-refractivity contribution is 6.31. The molecule has 0 unspecified atom stereocenters. The molecule has 5 nitrogen and oxygen atoms in total. The average Bonchev–Trinajstić information content (AvgIpc) is 3.28. The van der Waals surface area contributed by atoms with Gasteiger partial charge in [-0.1, -0.05) is 54.1 Å². The lowest BCUT2D eigenvalue weighted by atomic mass is 10.0. The fourth-order valence-corrected chi connectivity index (χ4v) is 3.35. The molecule has 0 aliphatic carbocycles. The summed E-state index contributed by atoms with van der Waals surface area (Å²) in [6, 6.07) is 24.5. The maximum Gasteiger partial charge on any atom is 0.291 e. The highest BCUT2D eigenvalue weighted by Gasteiger charge is 2.18. The van der Waals surface area contributed by atoms with Gasteiger partial charge in [0.2, 0.25) is 0 Å². The lowest BCUT2D eigenvalue weighted by Crippen LogP contribution is -2.14. The fourth-order valence-electron chi connectivity index (χ4n) is 3.18. The van der Waals surface area contributed by atoms with Gasteiger partial charge in [-0.25, -0.2) is 0 Å². The third kappa shape index (κ3) is 5.07. The van der Waals surface area contributed by atoms with Gasteiger partial charge in [-0.15, -0.1) is 0 Å². The van der Waals surface area contributed by atoms with Crippen molar-refractivity contribution >= 4 is 29.0 Å². The van der Waals surface area contributed by atoms with Gasteiger partial charge in [-0.2, -0.15) is 0 Å². The number of rotatable bonds is 7. The number of ketones is 1. The molecule has 0 bridgehead atoms. The van der Waals surface area contributed by atoms with Crippen molar-refractivity contribution in [2.75, 3.05) is 5.32 Å². The van der Waals surface area contributed by atoms with Crippen LogP contribution in [0.5, 0.6) is 5.75 Å². The maximum atomic E-state index is 12.9. The zero-order chi connectivity index (χ0) is 22.5. The molecule has 1 heterocycles. The summed E-state index contributed by atoms with van der Waals surface area (Å²) in [5.74, 6) is 0.623. The summed E-state index contributed by atoms with van der Waals surface area (Å²) in [5, 5.41) is 3.15. The molecule has 0 saturated heterocycles. The number of hydrogen-bond donors (Lipinski definition) is 1. The highest BCUT2D eigenvalue weighted by Crippen LogP contribution is 2.25. The van der Waals surface area contributed by atoms with E-state index in [-0.39, 0.29) is 18.2 Å². The molecule has 3 aromatic carbocycles. The minimum atomic E-state index is -0.476. The van der Waals surface area contributed by atoms with Crippen molar-refractivity contribution in [3.05, 3.63) is 118 Å². The minimum Gasteiger partial charge on any atom is -0.486 e. The maximum absolute atomic E-state index is 12.9. The van der Waals surface area contributed by atoms with Crippen LogP contribution in [0.3, 0.4) is 0 Å². The average molecular weight is 446 g/mol. The Balaban J connectivity index is 1.48. The van der Waals surface area contributed by atoms with E-state index in [1.807, 2.05) is 37.3 Å². The second-order valence-corrected chi connectivity index (χ2v) is 7.65. The van der Waals surface area contributed by atoms with Crippen LogP contribution in [0.4, 0.5) is 5.69 Å². The van der Waals surface area contributed by atoms with Gasteiger partial charge in [-0.05, 0) is 55.0 Å². The number of nitrogens with one attached hydrogen (secondary N) is 1. The molecule has 0 spiro atoms. The summed E-state index contributed by atoms with van der Waals surface area (Å²) in [5.41, 5.74) is 2.23. The Morgan fingerprint density at radius 2 is 1.75 bits per heavy atom. The molecule has 32 heavy (non-hydrogen) atoms. The van der Waals surface area contributed by atoms with Gasteiger partial charge in [0.15, 0.2) is 11.5 Å². The quantitative estimate of drug-likeness (QED) is 0.339. The summed E-state index contributed by atoms with van der Waals surface area (Å²) >= 11 is 6.10. The van der Waals surface area contributed by atoms with Crippen LogP contribution in [0.1, 0.15) is 37.8 Å². The molecule has 0 radical (unpaired) electrons. The Kier molecular flexibility index (Phi) is 6.38. The van der Waals surface area contributed by atoms with Crippen molar-refractivity contribution in [3.63, 3.8) is 0 Å². The fraction of sp³-hybridized carbons (Fsp3) is 0.0769.